The molecule has 0 spiro atoms. The van der Waals surface area contributed by atoms with Gasteiger partial charge >= 0.3 is 6.03 Å². The van der Waals surface area contributed by atoms with E-state index >= 15 is 0 Å². The minimum Gasteiger partial charge on any atom is -0.338 e. The molecule has 0 aliphatic rings. The Labute approximate surface area is 91.0 Å². The molecule has 0 aromatic rings. The van der Waals surface area contributed by atoms with Crippen LogP contribution in [0.1, 0.15) is 33.6 Å². The Balaban J connectivity index is 3.35. The summed E-state index contributed by atoms with van der Waals surface area (Å²) in [4.78, 5) is 20.8. The summed E-state index contributed by atoms with van der Waals surface area (Å²) in [6.45, 7) is 7.59. The van der Waals surface area contributed by atoms with Gasteiger partial charge in [0.15, 0.2) is 0 Å². The molecule has 0 heterocycles. The first-order valence-corrected chi connectivity index (χ1v) is 5.26. The maximum absolute atomic E-state index is 11.1. The van der Waals surface area contributed by atoms with Crippen LogP contribution in [0.4, 0.5) is 4.79 Å². The highest BCUT2D eigenvalue weighted by molar-refractivity contribution is 5.73. The summed E-state index contributed by atoms with van der Waals surface area (Å²) in [5, 5.41) is 7.90. The quantitative estimate of drug-likeness (QED) is 0.524. The third-order valence-corrected chi connectivity index (χ3v) is 1.88. The Morgan fingerprint density at radius 1 is 1.20 bits per heavy atom. The zero-order chi connectivity index (χ0) is 11.7. The SMILES string of the molecule is CC(C)(C)CCCNC(=O)NCCN=O. The van der Waals surface area contributed by atoms with Crippen LogP contribution in [0.25, 0.3) is 0 Å². The minimum atomic E-state index is -0.229. The Hall–Kier alpha value is -1.13. The number of carbonyl (C=O) groups is 1. The average molecular weight is 215 g/mol. The molecule has 0 bridgehead atoms. The molecule has 0 unspecified atom stereocenters. The molecule has 5 heteroatoms. The fourth-order valence-corrected chi connectivity index (χ4v) is 1.10. The normalized spacial score (nSPS) is 10.9. The molecule has 15 heavy (non-hydrogen) atoms. The molecule has 0 aliphatic heterocycles. The number of hydrogen-bond acceptors (Lipinski definition) is 3. The van der Waals surface area contributed by atoms with E-state index in [9.17, 15) is 9.70 Å². The monoisotopic (exact) mass is 215 g/mol. The van der Waals surface area contributed by atoms with Crippen LogP contribution in [0.15, 0.2) is 5.18 Å². The van der Waals surface area contributed by atoms with E-state index in [-0.39, 0.29) is 12.6 Å². The van der Waals surface area contributed by atoms with E-state index in [1.54, 1.807) is 0 Å². The third kappa shape index (κ3) is 10.8. The molecule has 88 valence electrons. The molecule has 5 nitrogen and oxygen atoms in total. The van der Waals surface area contributed by atoms with Crippen molar-refractivity contribution in [3.63, 3.8) is 0 Å². The Morgan fingerprint density at radius 3 is 2.33 bits per heavy atom. The van der Waals surface area contributed by atoms with Crippen molar-refractivity contribution in [2.24, 2.45) is 10.6 Å². The average Bonchev–Trinajstić information content (AvgIpc) is 2.11. The van der Waals surface area contributed by atoms with Crippen molar-refractivity contribution < 1.29 is 4.79 Å². The zero-order valence-corrected chi connectivity index (χ0v) is 9.80. The van der Waals surface area contributed by atoms with Gasteiger partial charge in [-0.15, -0.1) is 0 Å². The van der Waals surface area contributed by atoms with Crippen molar-refractivity contribution in [2.75, 3.05) is 19.6 Å². The molecular weight excluding hydrogens is 194 g/mol. The summed E-state index contributed by atoms with van der Waals surface area (Å²) in [5.41, 5.74) is 0.305. The number of urea groups is 1. The summed E-state index contributed by atoms with van der Waals surface area (Å²) >= 11 is 0. The summed E-state index contributed by atoms with van der Waals surface area (Å²) in [6.07, 6.45) is 2.03. The van der Waals surface area contributed by atoms with Crippen LogP contribution in [0.2, 0.25) is 0 Å². The summed E-state index contributed by atoms with van der Waals surface area (Å²) in [7, 11) is 0. The topological polar surface area (TPSA) is 70.6 Å². The molecule has 2 amide bonds. The lowest BCUT2D eigenvalue weighted by molar-refractivity contribution is 0.240. The van der Waals surface area contributed by atoms with Gasteiger partial charge in [0.25, 0.3) is 0 Å². The predicted molar refractivity (Wildman–Crippen MR) is 60.8 cm³/mol. The largest absolute Gasteiger partial charge is 0.338 e. The van der Waals surface area contributed by atoms with Gasteiger partial charge in [0, 0.05) is 13.1 Å². The van der Waals surface area contributed by atoms with Gasteiger partial charge in [0.2, 0.25) is 0 Å². The minimum absolute atomic E-state index is 0.120. The van der Waals surface area contributed by atoms with Crippen LogP contribution in [0.3, 0.4) is 0 Å². The van der Waals surface area contributed by atoms with Crippen molar-refractivity contribution >= 4 is 6.03 Å². The van der Waals surface area contributed by atoms with Crippen LogP contribution in [0.5, 0.6) is 0 Å². The van der Waals surface area contributed by atoms with Gasteiger partial charge in [-0.3, -0.25) is 0 Å². The van der Waals surface area contributed by atoms with E-state index in [1.807, 2.05) is 0 Å². The van der Waals surface area contributed by atoms with E-state index in [2.05, 4.69) is 36.6 Å². The Kier molecular flexibility index (Phi) is 6.66. The van der Waals surface area contributed by atoms with E-state index in [0.717, 1.165) is 12.8 Å². The van der Waals surface area contributed by atoms with Crippen LogP contribution in [0, 0.1) is 10.3 Å². The van der Waals surface area contributed by atoms with Crippen LogP contribution in [-0.4, -0.2) is 25.7 Å². The van der Waals surface area contributed by atoms with Crippen LogP contribution >= 0.6 is 0 Å². The van der Waals surface area contributed by atoms with Crippen LogP contribution in [-0.2, 0) is 0 Å². The standard InChI is InChI=1S/C10H21N3O2/c1-10(2,3)5-4-6-11-9(14)12-7-8-13-15/h4-8H2,1-3H3,(H2,11,12,14). The molecule has 0 saturated heterocycles. The molecule has 0 atom stereocenters. The fourth-order valence-electron chi connectivity index (χ4n) is 1.10. The van der Waals surface area contributed by atoms with Gasteiger partial charge < -0.3 is 10.6 Å². The fraction of sp³-hybridized carbons (Fsp3) is 0.900. The van der Waals surface area contributed by atoms with Gasteiger partial charge in [0.05, 0.1) is 6.54 Å². The van der Waals surface area contributed by atoms with E-state index in [1.165, 1.54) is 0 Å². The summed E-state index contributed by atoms with van der Waals surface area (Å²) < 4.78 is 0. The van der Waals surface area contributed by atoms with Gasteiger partial charge in [-0.25, -0.2) is 4.79 Å². The smallest absolute Gasteiger partial charge is 0.314 e. The second kappa shape index (κ2) is 7.20. The summed E-state index contributed by atoms with van der Waals surface area (Å²) in [5.74, 6) is 0. The highest BCUT2D eigenvalue weighted by Crippen LogP contribution is 2.19. The van der Waals surface area contributed by atoms with Crippen molar-refractivity contribution in [2.45, 2.75) is 33.6 Å². The molecule has 0 aromatic heterocycles. The molecule has 0 radical (unpaired) electrons. The van der Waals surface area contributed by atoms with Gasteiger partial charge in [-0.2, -0.15) is 4.91 Å². The van der Waals surface area contributed by atoms with Crippen molar-refractivity contribution in [3.8, 4) is 0 Å². The van der Waals surface area contributed by atoms with Gasteiger partial charge in [-0.1, -0.05) is 25.9 Å². The lowest BCUT2D eigenvalue weighted by Gasteiger charge is -2.17. The first-order valence-electron chi connectivity index (χ1n) is 5.26. The lowest BCUT2D eigenvalue weighted by atomic mass is 9.91. The van der Waals surface area contributed by atoms with E-state index in [0.29, 0.717) is 18.5 Å². The number of hydrogen-bond donors (Lipinski definition) is 2. The maximum atomic E-state index is 11.1. The Bertz CT molecular complexity index is 199. The number of amides is 2. The van der Waals surface area contributed by atoms with Crippen LogP contribution < -0.4 is 10.6 Å². The van der Waals surface area contributed by atoms with E-state index in [4.69, 9.17) is 0 Å². The van der Waals surface area contributed by atoms with Crippen molar-refractivity contribution in [1.29, 1.82) is 0 Å². The maximum Gasteiger partial charge on any atom is 0.314 e. The first kappa shape index (κ1) is 13.9. The number of nitroso groups, excluding NO2 is 1. The lowest BCUT2D eigenvalue weighted by Crippen LogP contribution is -2.37. The highest BCUT2D eigenvalue weighted by atomic mass is 16.3. The first-order chi connectivity index (χ1) is 6.95. The molecule has 0 rings (SSSR count). The summed E-state index contributed by atoms with van der Waals surface area (Å²) in [6, 6.07) is -0.229. The van der Waals surface area contributed by atoms with Crippen molar-refractivity contribution in [1.82, 2.24) is 10.6 Å². The van der Waals surface area contributed by atoms with Gasteiger partial charge in [-0.05, 0) is 18.3 Å². The number of nitrogens with one attached hydrogen (secondary N) is 2. The Morgan fingerprint density at radius 2 is 1.80 bits per heavy atom. The van der Waals surface area contributed by atoms with Gasteiger partial charge in [0.1, 0.15) is 0 Å². The molecular formula is C10H21N3O2. The highest BCUT2D eigenvalue weighted by Gasteiger charge is 2.09. The predicted octanol–water partition coefficient (Wildman–Crippen LogP) is 1.88. The molecule has 0 aliphatic carbocycles. The van der Waals surface area contributed by atoms with Crippen molar-refractivity contribution in [3.05, 3.63) is 4.91 Å². The number of carbonyl (C=O) groups excluding carboxylic acids is 1. The molecule has 2 N–H and O–H groups in total. The molecule has 0 saturated carbocycles. The second-order valence-electron chi connectivity index (χ2n) is 4.70. The van der Waals surface area contributed by atoms with E-state index < -0.39 is 0 Å². The zero-order valence-electron chi connectivity index (χ0n) is 9.80. The third-order valence-electron chi connectivity index (χ3n) is 1.88. The number of nitrogens with zero attached hydrogens (tertiary/aromatic N) is 1. The molecule has 0 aromatic carbocycles. The molecule has 0 fully saturated rings. The second-order valence-corrected chi connectivity index (χ2v) is 4.70. The number of rotatable bonds is 6.